The van der Waals surface area contributed by atoms with Crippen molar-refractivity contribution in [3.05, 3.63) is 17.5 Å². The molecule has 0 aliphatic heterocycles. The predicted molar refractivity (Wildman–Crippen MR) is 71.8 cm³/mol. The van der Waals surface area contributed by atoms with Gasteiger partial charge >= 0.3 is 0 Å². The molecule has 0 fully saturated rings. The van der Waals surface area contributed by atoms with E-state index < -0.39 is 0 Å². The van der Waals surface area contributed by atoms with E-state index in [0.717, 1.165) is 16.8 Å². The smallest absolute Gasteiger partial charge is 0.237 e. The van der Waals surface area contributed by atoms with E-state index in [2.05, 4.69) is 20.3 Å². The van der Waals surface area contributed by atoms with Crippen LogP contribution in [0, 0.1) is 6.92 Å². The van der Waals surface area contributed by atoms with Crippen molar-refractivity contribution >= 4 is 11.8 Å². The van der Waals surface area contributed by atoms with E-state index in [4.69, 9.17) is 10.3 Å². The topological polar surface area (TPSA) is 95.6 Å². The van der Waals surface area contributed by atoms with E-state index in [1.165, 1.54) is 11.8 Å². The Kier molecular flexibility index (Phi) is 4.54. The van der Waals surface area contributed by atoms with Crippen LogP contribution >= 0.6 is 11.8 Å². The number of thioether (sulfide) groups is 1. The first-order valence-electron chi connectivity index (χ1n) is 6.17. The molecule has 0 aliphatic rings. The monoisotopic (exact) mass is 282 g/mol. The minimum atomic E-state index is 0.269. The maximum absolute atomic E-state index is 5.57. The van der Waals surface area contributed by atoms with Gasteiger partial charge in [-0.15, -0.1) is 10.2 Å². The van der Waals surface area contributed by atoms with Gasteiger partial charge in [0, 0.05) is 19.0 Å². The second kappa shape index (κ2) is 6.16. The summed E-state index contributed by atoms with van der Waals surface area (Å²) in [7, 11) is 0. The van der Waals surface area contributed by atoms with Crippen molar-refractivity contribution in [1.29, 1.82) is 0 Å². The summed E-state index contributed by atoms with van der Waals surface area (Å²) in [6, 6.07) is 0. The summed E-state index contributed by atoms with van der Waals surface area (Å²) in [5.41, 5.74) is 5.57. The van der Waals surface area contributed by atoms with Gasteiger partial charge in [0.2, 0.25) is 5.89 Å². The van der Waals surface area contributed by atoms with Crippen LogP contribution in [0.2, 0.25) is 0 Å². The average molecular weight is 282 g/mol. The molecule has 0 spiro atoms. The number of aryl methyl sites for hydroxylation is 1. The van der Waals surface area contributed by atoms with E-state index >= 15 is 0 Å². The van der Waals surface area contributed by atoms with Gasteiger partial charge in [0.25, 0.3) is 0 Å². The van der Waals surface area contributed by atoms with E-state index in [1.807, 2.05) is 25.3 Å². The van der Waals surface area contributed by atoms with Crippen LogP contribution in [0.15, 0.2) is 9.68 Å². The largest absolute Gasteiger partial charge is 0.338 e. The SMILES string of the molecule is Cc1nnc(SCc2nc(C(C)C)no2)n1CCN. The average Bonchev–Trinajstić information content (AvgIpc) is 2.96. The molecule has 0 amide bonds. The van der Waals surface area contributed by atoms with Crippen molar-refractivity contribution in [2.45, 2.75) is 44.1 Å². The number of aromatic nitrogens is 5. The lowest BCUT2D eigenvalue weighted by molar-refractivity contribution is 0.382. The molecule has 0 atom stereocenters. The maximum Gasteiger partial charge on any atom is 0.237 e. The first kappa shape index (κ1) is 14.0. The predicted octanol–water partition coefficient (Wildman–Crippen LogP) is 1.34. The highest BCUT2D eigenvalue weighted by Crippen LogP contribution is 2.21. The Labute approximate surface area is 116 Å². The Morgan fingerprint density at radius 2 is 2.16 bits per heavy atom. The van der Waals surface area contributed by atoms with Crippen molar-refractivity contribution in [2.75, 3.05) is 6.54 Å². The van der Waals surface area contributed by atoms with Crippen molar-refractivity contribution in [2.24, 2.45) is 5.73 Å². The summed E-state index contributed by atoms with van der Waals surface area (Å²) in [4.78, 5) is 4.33. The molecule has 0 saturated carbocycles. The zero-order valence-electron chi connectivity index (χ0n) is 11.3. The number of rotatable bonds is 6. The second-order valence-corrected chi connectivity index (χ2v) is 5.40. The highest BCUT2D eigenvalue weighted by Gasteiger charge is 2.13. The van der Waals surface area contributed by atoms with Gasteiger partial charge in [-0.05, 0) is 6.92 Å². The van der Waals surface area contributed by atoms with Gasteiger partial charge in [0.1, 0.15) is 5.82 Å². The van der Waals surface area contributed by atoms with Gasteiger partial charge in [-0.3, -0.25) is 0 Å². The third kappa shape index (κ3) is 3.32. The molecule has 0 saturated heterocycles. The molecule has 0 aliphatic carbocycles. The molecule has 7 nitrogen and oxygen atoms in total. The van der Waals surface area contributed by atoms with Crippen LogP contribution in [0.5, 0.6) is 0 Å². The zero-order chi connectivity index (χ0) is 13.8. The van der Waals surface area contributed by atoms with Crippen LogP contribution in [0.25, 0.3) is 0 Å². The molecule has 0 unspecified atom stereocenters. The van der Waals surface area contributed by atoms with E-state index in [9.17, 15) is 0 Å². The number of hydrogen-bond acceptors (Lipinski definition) is 7. The first-order chi connectivity index (χ1) is 9.11. The van der Waals surface area contributed by atoms with Crippen molar-refractivity contribution in [1.82, 2.24) is 24.9 Å². The standard InChI is InChI=1S/C11H18N6OS/c1-7(2)10-13-9(18-16-10)6-19-11-15-14-8(3)17(11)5-4-12/h7H,4-6,12H2,1-3H3. The highest BCUT2D eigenvalue weighted by molar-refractivity contribution is 7.98. The van der Waals surface area contributed by atoms with Gasteiger partial charge < -0.3 is 14.8 Å². The fraction of sp³-hybridized carbons (Fsp3) is 0.636. The molecule has 2 rings (SSSR count). The van der Waals surface area contributed by atoms with Crippen molar-refractivity contribution < 1.29 is 4.52 Å². The van der Waals surface area contributed by atoms with Crippen molar-refractivity contribution in [3.8, 4) is 0 Å². The van der Waals surface area contributed by atoms with Crippen LogP contribution in [-0.4, -0.2) is 31.4 Å². The van der Waals surface area contributed by atoms with E-state index in [1.54, 1.807) is 0 Å². The summed E-state index contributed by atoms with van der Waals surface area (Å²) < 4.78 is 7.18. The number of hydrogen-bond donors (Lipinski definition) is 1. The fourth-order valence-electron chi connectivity index (χ4n) is 1.54. The van der Waals surface area contributed by atoms with E-state index in [0.29, 0.717) is 24.7 Å². The molecular formula is C11H18N6OS. The highest BCUT2D eigenvalue weighted by atomic mass is 32.2. The lowest BCUT2D eigenvalue weighted by Crippen LogP contribution is -2.12. The van der Waals surface area contributed by atoms with Crippen LogP contribution in [0.4, 0.5) is 0 Å². The maximum atomic E-state index is 5.57. The molecule has 2 aromatic rings. The minimum Gasteiger partial charge on any atom is -0.338 e. The Morgan fingerprint density at radius 1 is 1.37 bits per heavy atom. The van der Waals surface area contributed by atoms with Gasteiger partial charge in [-0.1, -0.05) is 30.8 Å². The third-order valence-electron chi connectivity index (χ3n) is 2.58. The van der Waals surface area contributed by atoms with Gasteiger partial charge in [-0.2, -0.15) is 4.98 Å². The molecule has 8 heteroatoms. The van der Waals surface area contributed by atoms with Gasteiger partial charge in [-0.25, -0.2) is 0 Å². The normalized spacial score (nSPS) is 11.4. The molecule has 0 radical (unpaired) electrons. The molecule has 2 aromatic heterocycles. The fourth-order valence-corrected chi connectivity index (χ4v) is 2.39. The molecule has 2 N–H and O–H groups in total. The van der Waals surface area contributed by atoms with E-state index in [-0.39, 0.29) is 5.92 Å². The van der Waals surface area contributed by atoms with Gasteiger partial charge in [0.15, 0.2) is 11.0 Å². The van der Waals surface area contributed by atoms with Crippen LogP contribution in [0.3, 0.4) is 0 Å². The third-order valence-corrected chi connectivity index (χ3v) is 3.53. The van der Waals surface area contributed by atoms with Crippen LogP contribution < -0.4 is 5.73 Å². The Bertz CT molecular complexity index is 535. The quantitative estimate of drug-likeness (QED) is 0.799. The Balaban J connectivity index is 2.01. The Morgan fingerprint density at radius 3 is 2.79 bits per heavy atom. The summed E-state index contributed by atoms with van der Waals surface area (Å²) in [5, 5.41) is 12.9. The molecule has 104 valence electrons. The molecule has 0 aromatic carbocycles. The Hall–Kier alpha value is -1.41. The lowest BCUT2D eigenvalue weighted by atomic mass is 10.2. The van der Waals surface area contributed by atoms with Gasteiger partial charge in [0.05, 0.1) is 5.75 Å². The van der Waals surface area contributed by atoms with Crippen molar-refractivity contribution in [3.63, 3.8) is 0 Å². The molecule has 2 heterocycles. The number of nitrogens with two attached hydrogens (primary N) is 1. The molecule has 0 bridgehead atoms. The number of nitrogens with zero attached hydrogens (tertiary/aromatic N) is 5. The second-order valence-electron chi connectivity index (χ2n) is 4.46. The van der Waals surface area contributed by atoms with Crippen LogP contribution in [0.1, 0.15) is 37.3 Å². The molecule has 19 heavy (non-hydrogen) atoms. The lowest BCUT2D eigenvalue weighted by Gasteiger charge is -2.04. The summed E-state index contributed by atoms with van der Waals surface area (Å²) in [6.45, 7) is 7.25. The summed E-state index contributed by atoms with van der Waals surface area (Å²) >= 11 is 1.52. The summed E-state index contributed by atoms with van der Waals surface area (Å²) in [6.07, 6.45) is 0. The zero-order valence-corrected chi connectivity index (χ0v) is 12.1. The minimum absolute atomic E-state index is 0.269. The summed E-state index contributed by atoms with van der Waals surface area (Å²) in [5.74, 6) is 3.05. The molecular weight excluding hydrogens is 264 g/mol. The van der Waals surface area contributed by atoms with Crippen LogP contribution in [-0.2, 0) is 12.3 Å². The first-order valence-corrected chi connectivity index (χ1v) is 7.15.